The summed E-state index contributed by atoms with van der Waals surface area (Å²) < 4.78 is 58.6. The number of ketones is 2. The fourth-order valence-corrected chi connectivity index (χ4v) is 18.8. The number of anilines is 1. The van der Waals surface area contributed by atoms with Crippen LogP contribution in [0, 0.1) is 23.2 Å². The van der Waals surface area contributed by atoms with E-state index in [0.717, 1.165) is 50.1 Å². The molecule has 5 saturated heterocycles. The molecular formula is C88H134N10O38S3. The summed E-state index contributed by atoms with van der Waals surface area (Å²) >= 11 is 0.804. The Balaban J connectivity index is 1.05. The molecule has 139 heavy (non-hydrogen) atoms. The first-order valence-corrected chi connectivity index (χ1v) is 48.7. The van der Waals surface area contributed by atoms with E-state index >= 15 is 14.4 Å². The smallest absolute Gasteiger partial charge is 0.306 e. The van der Waals surface area contributed by atoms with E-state index in [4.69, 9.17) is 47.4 Å². The van der Waals surface area contributed by atoms with Gasteiger partial charge in [0.1, 0.15) is 170 Å². The average Bonchev–Trinajstić information content (AvgIpc) is 0.764. The first-order chi connectivity index (χ1) is 65.6. The SMILES string of the molecule is CCSSc1ccc(SC(=O)CNC(=O)[C@@H](NC(=O)[C@@H](NC(=O)[C@H](CC(=O)N[C@@H]2O[C@H](CO)[C@@H](O[C@@H]3O[C@H](CO)[C@@H](O[C@@H]4O[C@H](CO[C@H]5O[C@H](CO)[C@@H](O)[C@H](O)[C@@H]5O)[C@@H](O)[C@H](O[C@H]5O[C@H](CO)[C@@H](O)[C@H](O)[C@@H]5O)[C@@H]4O)[C@H](O)[C@H]3NC(C)=O)[C@H](O)[C@H]2NC(C)=O)NC(=O)[C@H](CCC(=O)OCc2ccc(NC(CC(C)C)C3C(=O)CC(C)(C)CC3=O)cc2)NC(=O)[C@H](C)NC(C)=O)[C@@H](C)CC)[C@@H](C)O)cc1. The van der Waals surface area contributed by atoms with E-state index in [0.29, 0.717) is 22.6 Å². The lowest BCUT2D eigenvalue weighted by Gasteiger charge is -2.50. The van der Waals surface area contributed by atoms with Crippen molar-refractivity contribution in [1.82, 2.24) is 47.9 Å². The van der Waals surface area contributed by atoms with Crippen LogP contribution in [0.5, 0.6) is 0 Å². The Hall–Kier alpha value is -7.96. The highest BCUT2D eigenvalue weighted by Gasteiger charge is 2.58. The summed E-state index contributed by atoms with van der Waals surface area (Å²) in [5.74, 6) is -12.0. The standard InChI is InChI=1S/C88H134N10O38S3/c1-13-37(5)61(82(126)98-62(39(7)103)81(125)89-29-59(111)138-45-19-21-46(22-20-45)139-137-14-2)97-80(124)49(95-79(123)47(94-78(122)38(6)90-40(8)104)23-24-58(110)127-34-43-15-17-44(18-16-43)93-48(25-36(3)4)60-50(107)27-88(11,12)28-51(60)108)26-57(109)96-83-63(91-41(9)105)68(115)75(54(32-101)129-83)134-84-64(92-42(10)106)69(116)76(55(33-102)132-84)135-87-74(121)77(136-86-73(120)71(118)66(113)53(31-100)131-86)67(114)56(133-87)35-128-85-72(119)70(117)65(112)52(30-99)130-85/h15-22,36-39,47-49,52-56,60-77,83-87,93,99-103,112-121H,13-14,23-35H2,1-12H3,(H,89,125)(H,90,104)(H,91,105)(H,92,106)(H,94,122)(H,95,123)(H,96,109)(H,97,124)(H,98,126)/t37-,38-,39+,47-,48?,49-,52+,53+,54+,55+,56+,61-,62-,63+,64+,65+,66+,67+,68+,69+,70-,71-,72-,73-,74-,75+,76+,77-,83+,84-,85-,86+,87-/m0/s1. The number of benzene rings is 2. The highest BCUT2D eigenvalue weighted by molar-refractivity contribution is 8.76. The summed E-state index contributed by atoms with van der Waals surface area (Å²) in [4.78, 5) is 182. The molecule has 48 nitrogen and oxygen atoms in total. The molecule has 33 atom stereocenters. The quantitative estimate of drug-likeness (QED) is 0.0127. The number of aliphatic hydroxyl groups excluding tert-OH is 15. The van der Waals surface area contributed by atoms with Gasteiger partial charge in [-0.2, -0.15) is 0 Å². The van der Waals surface area contributed by atoms with Crippen LogP contribution in [0.4, 0.5) is 5.69 Å². The monoisotopic (exact) mass is 2030 g/mol. The van der Waals surface area contributed by atoms with Crippen LogP contribution in [0.25, 0.3) is 0 Å². The Bertz CT molecular complexity index is 4400. The first kappa shape index (κ1) is 116. The number of hydrogen-bond acceptors (Lipinski definition) is 42. The van der Waals surface area contributed by atoms with Gasteiger partial charge in [-0.25, -0.2) is 0 Å². The highest BCUT2D eigenvalue weighted by atomic mass is 33.1. The maximum atomic E-state index is 15.3. The average molecular weight is 2040 g/mol. The number of amides is 9. The molecule has 1 unspecified atom stereocenters. The third kappa shape index (κ3) is 32.5. The fourth-order valence-electron chi connectivity index (χ4n) is 16.5. The van der Waals surface area contributed by atoms with E-state index in [2.05, 4.69) is 53.2 Å². The van der Waals surface area contributed by atoms with Gasteiger partial charge in [-0.15, -0.1) is 0 Å². The number of rotatable bonds is 47. The van der Waals surface area contributed by atoms with Crippen LogP contribution in [0.3, 0.4) is 0 Å². The van der Waals surface area contributed by atoms with Gasteiger partial charge in [0, 0.05) is 67.3 Å². The minimum absolute atomic E-state index is 0.0699. The van der Waals surface area contributed by atoms with E-state index in [9.17, 15) is 125 Å². The largest absolute Gasteiger partial charge is 0.461 e. The zero-order valence-corrected chi connectivity index (χ0v) is 81.2. The molecule has 5 aliphatic heterocycles. The lowest BCUT2D eigenvalue weighted by molar-refractivity contribution is -0.383. The number of carbonyl (C=O) groups excluding carboxylic acids is 13. The van der Waals surface area contributed by atoms with Gasteiger partial charge in [0.25, 0.3) is 0 Å². The van der Waals surface area contributed by atoms with Crippen molar-refractivity contribution in [2.24, 2.45) is 23.2 Å². The zero-order valence-electron chi connectivity index (χ0n) is 78.8. The maximum Gasteiger partial charge on any atom is 0.306 e. The Morgan fingerprint density at radius 2 is 1.02 bits per heavy atom. The lowest BCUT2D eigenvalue weighted by Crippen LogP contribution is -2.71. The molecule has 25 N–H and O–H groups in total. The molecule has 9 amide bonds. The van der Waals surface area contributed by atoms with Gasteiger partial charge in [0.05, 0.1) is 58.0 Å². The van der Waals surface area contributed by atoms with Crippen molar-refractivity contribution in [2.75, 3.05) is 50.6 Å². The van der Waals surface area contributed by atoms with E-state index < -0.39 is 336 Å². The summed E-state index contributed by atoms with van der Waals surface area (Å²) in [6.45, 7) is 11.9. The predicted molar refractivity (Wildman–Crippen MR) is 486 cm³/mol. The number of Topliss-reactive ketones (excluding diaryl/α,β-unsaturated/α-hetero) is 2. The second-order valence-corrected chi connectivity index (χ2v) is 40.1. The molecule has 51 heteroatoms. The summed E-state index contributed by atoms with van der Waals surface area (Å²) in [5, 5.41) is 190. The van der Waals surface area contributed by atoms with Gasteiger partial charge in [0.15, 0.2) is 31.4 Å². The molecule has 0 spiro atoms. The van der Waals surface area contributed by atoms with Crippen LogP contribution in [-0.4, -0.2) is 393 Å². The Labute approximate surface area is 813 Å². The van der Waals surface area contributed by atoms with Crippen LogP contribution < -0.4 is 53.2 Å². The fraction of sp³-hybridized carbons (Fsp3) is 0.716. The predicted octanol–water partition coefficient (Wildman–Crippen LogP) is -7.11. The van der Waals surface area contributed by atoms with Crippen molar-refractivity contribution < 1.29 is 186 Å². The van der Waals surface area contributed by atoms with Gasteiger partial charge >= 0.3 is 5.97 Å². The summed E-state index contributed by atoms with van der Waals surface area (Å²) in [6.07, 6.45) is -50.0. The molecule has 1 saturated carbocycles. The van der Waals surface area contributed by atoms with Crippen molar-refractivity contribution in [3.05, 3.63) is 54.1 Å². The van der Waals surface area contributed by atoms with Crippen LogP contribution in [0.15, 0.2) is 58.3 Å². The molecule has 0 radical (unpaired) electrons. The minimum atomic E-state index is -2.35. The molecule has 0 bridgehead atoms. The van der Waals surface area contributed by atoms with Gasteiger partial charge in [-0.3, -0.25) is 62.3 Å². The molecule has 5 heterocycles. The number of esters is 1. The van der Waals surface area contributed by atoms with Crippen LogP contribution in [0.1, 0.15) is 134 Å². The van der Waals surface area contributed by atoms with Gasteiger partial charge in [-0.1, -0.05) is 100 Å². The third-order valence-electron chi connectivity index (χ3n) is 24.0. The summed E-state index contributed by atoms with van der Waals surface area (Å²) in [6, 6.07) is 0.111. The third-order valence-corrected chi connectivity index (χ3v) is 27.3. The zero-order chi connectivity index (χ0) is 103. The molecule has 6 aliphatic rings. The number of nitrogens with one attached hydrogen (secondary N) is 10. The number of ether oxygens (including phenoxy) is 10. The van der Waals surface area contributed by atoms with Crippen molar-refractivity contribution >= 4 is 115 Å². The first-order valence-electron chi connectivity index (χ1n) is 45.6. The lowest BCUT2D eigenvalue weighted by atomic mass is 9.68. The van der Waals surface area contributed by atoms with E-state index in [1.165, 1.54) is 24.6 Å². The van der Waals surface area contributed by atoms with Gasteiger partial charge < -0.3 is 177 Å². The number of hydrogen-bond donors (Lipinski definition) is 25. The van der Waals surface area contributed by atoms with E-state index in [1.807, 2.05) is 46.8 Å². The Kier molecular flexibility index (Phi) is 45.3. The second kappa shape index (κ2) is 54.1. The van der Waals surface area contributed by atoms with Crippen molar-refractivity contribution in [2.45, 2.75) is 340 Å². The van der Waals surface area contributed by atoms with Crippen LogP contribution in [0.2, 0.25) is 0 Å². The minimum Gasteiger partial charge on any atom is -0.461 e. The summed E-state index contributed by atoms with van der Waals surface area (Å²) in [7, 11) is 3.15. The second-order valence-electron chi connectivity index (χ2n) is 36.3. The van der Waals surface area contributed by atoms with Crippen LogP contribution >= 0.6 is 33.3 Å². The molecular weight excluding hydrogens is 1900 g/mol. The van der Waals surface area contributed by atoms with Gasteiger partial charge in [-0.05, 0) is 85.9 Å². The van der Waals surface area contributed by atoms with Gasteiger partial charge in [0.2, 0.25) is 58.3 Å². The molecule has 2 aromatic rings. The maximum absolute atomic E-state index is 15.3. The van der Waals surface area contributed by atoms with E-state index in [-0.39, 0.29) is 43.4 Å². The number of aliphatic hydroxyl groups is 15. The molecule has 0 aromatic heterocycles. The van der Waals surface area contributed by atoms with Crippen molar-refractivity contribution in [3.63, 3.8) is 0 Å². The van der Waals surface area contributed by atoms with E-state index in [1.54, 1.807) is 54.1 Å². The number of thioether (sulfide) groups is 1. The topological polar surface area (TPSA) is 738 Å². The highest BCUT2D eigenvalue weighted by Crippen LogP contribution is 2.40. The van der Waals surface area contributed by atoms with Crippen LogP contribution in [-0.2, 0) is 116 Å². The summed E-state index contributed by atoms with van der Waals surface area (Å²) in [5.41, 5.74) is 0.523. The molecule has 6 fully saturated rings. The molecule has 8 rings (SSSR count). The Morgan fingerprint density at radius 3 is 1.58 bits per heavy atom. The molecule has 1 aliphatic carbocycles. The van der Waals surface area contributed by atoms with Crippen molar-refractivity contribution in [1.29, 1.82) is 0 Å². The normalized spacial score (nSPS) is 31.1. The molecule has 2 aromatic carbocycles. The van der Waals surface area contributed by atoms with Crippen molar-refractivity contribution in [3.8, 4) is 0 Å². The number of carbonyl (C=O) groups is 13. The Morgan fingerprint density at radius 1 is 0.511 bits per heavy atom. The molecule has 782 valence electrons.